The van der Waals surface area contributed by atoms with Crippen LogP contribution in [0.5, 0.6) is 0 Å². The molecule has 0 bridgehead atoms. The minimum Gasteiger partial charge on any atom is -0.331 e. The van der Waals surface area contributed by atoms with Crippen LogP contribution >= 0.6 is 12.2 Å². The van der Waals surface area contributed by atoms with Crippen LogP contribution in [-0.4, -0.2) is 19.4 Å². The average Bonchev–Trinajstić information content (AvgIpc) is 2.53. The second-order valence-corrected chi connectivity index (χ2v) is 6.83. The first-order chi connectivity index (χ1) is 11.3. The highest BCUT2D eigenvalue weighted by atomic mass is 32.2. The largest absolute Gasteiger partial charge is 0.331 e. The number of hydrogen-bond donors (Lipinski definition) is 4. The van der Waals surface area contributed by atoms with E-state index in [4.69, 9.17) is 17.4 Å². The van der Waals surface area contributed by atoms with Crippen molar-refractivity contribution in [2.45, 2.75) is 11.3 Å². The van der Waals surface area contributed by atoms with Crippen LogP contribution in [0.2, 0.25) is 0 Å². The van der Waals surface area contributed by atoms with Crippen LogP contribution in [0.4, 0.5) is 5.69 Å². The van der Waals surface area contributed by atoms with Gasteiger partial charge >= 0.3 is 0 Å². The van der Waals surface area contributed by atoms with Crippen LogP contribution in [0, 0.1) is 0 Å². The van der Waals surface area contributed by atoms with E-state index in [1.807, 2.05) is 30.3 Å². The molecule has 0 saturated carbocycles. The molecular formula is C15H16N4O3S2. The normalized spacial score (nSPS) is 10.7. The first kappa shape index (κ1) is 17.9. The van der Waals surface area contributed by atoms with Gasteiger partial charge < -0.3 is 5.32 Å². The number of primary sulfonamides is 1. The van der Waals surface area contributed by atoms with Crippen LogP contribution in [0.25, 0.3) is 0 Å². The topological polar surface area (TPSA) is 113 Å². The zero-order valence-electron chi connectivity index (χ0n) is 12.5. The highest BCUT2D eigenvalue weighted by molar-refractivity contribution is 7.89. The molecule has 0 radical (unpaired) electrons. The summed E-state index contributed by atoms with van der Waals surface area (Å²) in [6.45, 7) is 0. The fourth-order valence-electron chi connectivity index (χ4n) is 1.84. The van der Waals surface area contributed by atoms with Gasteiger partial charge in [0.15, 0.2) is 5.11 Å². The number of benzene rings is 2. The molecule has 126 valence electrons. The number of amides is 1. The van der Waals surface area contributed by atoms with E-state index in [2.05, 4.69) is 16.2 Å². The van der Waals surface area contributed by atoms with E-state index in [9.17, 15) is 13.2 Å². The Kier molecular flexibility index (Phi) is 5.85. The third-order valence-electron chi connectivity index (χ3n) is 2.96. The number of anilines is 1. The molecule has 24 heavy (non-hydrogen) atoms. The smallest absolute Gasteiger partial charge is 0.242 e. The quantitative estimate of drug-likeness (QED) is 0.473. The SMILES string of the molecule is NS(=O)(=O)c1ccc(NC(=S)NNC(=O)Cc2ccccc2)cc1. The minimum atomic E-state index is -3.73. The summed E-state index contributed by atoms with van der Waals surface area (Å²) in [6, 6.07) is 15.0. The van der Waals surface area contributed by atoms with Crippen molar-refractivity contribution in [3.8, 4) is 0 Å². The standard InChI is InChI=1S/C15H16N4O3S2/c16-24(21,22)13-8-6-12(7-9-13)17-15(23)19-18-14(20)10-11-4-2-1-3-5-11/h1-9H,10H2,(H,18,20)(H2,16,21,22)(H2,17,19,23). The lowest BCUT2D eigenvalue weighted by Crippen LogP contribution is -2.44. The van der Waals surface area contributed by atoms with Crippen LogP contribution in [-0.2, 0) is 21.2 Å². The summed E-state index contributed by atoms with van der Waals surface area (Å²) in [6.07, 6.45) is 0.222. The van der Waals surface area contributed by atoms with E-state index >= 15 is 0 Å². The Hall–Kier alpha value is -2.49. The van der Waals surface area contributed by atoms with E-state index in [-0.39, 0.29) is 22.3 Å². The molecule has 2 aromatic carbocycles. The molecule has 2 aromatic rings. The number of hydrogen-bond acceptors (Lipinski definition) is 4. The van der Waals surface area contributed by atoms with E-state index in [0.29, 0.717) is 5.69 Å². The highest BCUT2D eigenvalue weighted by Crippen LogP contribution is 2.12. The van der Waals surface area contributed by atoms with Gasteiger partial charge in [0.1, 0.15) is 0 Å². The summed E-state index contributed by atoms with van der Waals surface area (Å²) in [7, 11) is -3.73. The average molecular weight is 364 g/mol. The van der Waals surface area contributed by atoms with Crippen molar-refractivity contribution in [1.82, 2.24) is 10.9 Å². The molecule has 0 aliphatic heterocycles. The van der Waals surface area contributed by atoms with Crippen molar-refractivity contribution < 1.29 is 13.2 Å². The fraction of sp³-hybridized carbons (Fsp3) is 0.0667. The fourth-order valence-corrected chi connectivity index (χ4v) is 2.53. The van der Waals surface area contributed by atoms with Crippen LogP contribution in [0.3, 0.4) is 0 Å². The van der Waals surface area contributed by atoms with Crippen molar-refractivity contribution in [3.05, 3.63) is 60.2 Å². The van der Waals surface area contributed by atoms with Gasteiger partial charge in [0.2, 0.25) is 15.9 Å². The third-order valence-corrected chi connectivity index (χ3v) is 4.10. The summed E-state index contributed by atoms with van der Waals surface area (Å²) >= 11 is 5.05. The maximum Gasteiger partial charge on any atom is 0.242 e. The van der Waals surface area contributed by atoms with Crippen molar-refractivity contribution in [3.63, 3.8) is 0 Å². The third kappa shape index (κ3) is 5.61. The van der Waals surface area contributed by atoms with Gasteiger partial charge in [-0.05, 0) is 42.0 Å². The Morgan fingerprint density at radius 3 is 2.21 bits per heavy atom. The molecule has 5 N–H and O–H groups in total. The van der Waals surface area contributed by atoms with Crippen molar-refractivity contribution in [1.29, 1.82) is 0 Å². The Bertz CT molecular complexity index is 822. The number of rotatable bonds is 4. The molecule has 0 aliphatic rings. The second kappa shape index (κ2) is 7.86. The zero-order chi connectivity index (χ0) is 17.6. The Morgan fingerprint density at radius 1 is 1.00 bits per heavy atom. The lowest BCUT2D eigenvalue weighted by Gasteiger charge is -2.12. The Morgan fingerprint density at radius 2 is 1.62 bits per heavy atom. The number of nitrogens with one attached hydrogen (secondary N) is 3. The van der Waals surface area contributed by atoms with Gasteiger partial charge in [0.25, 0.3) is 0 Å². The predicted molar refractivity (Wildman–Crippen MR) is 95.5 cm³/mol. The second-order valence-electron chi connectivity index (χ2n) is 4.86. The van der Waals surface area contributed by atoms with E-state index < -0.39 is 10.0 Å². The first-order valence-corrected chi connectivity index (χ1v) is 8.83. The molecule has 0 atom stereocenters. The van der Waals surface area contributed by atoms with E-state index in [1.54, 1.807) is 0 Å². The number of carbonyl (C=O) groups excluding carboxylic acids is 1. The molecule has 0 fully saturated rings. The molecule has 7 nitrogen and oxygen atoms in total. The van der Waals surface area contributed by atoms with Gasteiger partial charge in [-0.15, -0.1) is 0 Å². The van der Waals surface area contributed by atoms with Gasteiger partial charge in [-0.3, -0.25) is 15.6 Å². The Balaban J connectivity index is 1.82. The summed E-state index contributed by atoms with van der Waals surface area (Å²) < 4.78 is 22.3. The lowest BCUT2D eigenvalue weighted by molar-refractivity contribution is -0.120. The highest BCUT2D eigenvalue weighted by Gasteiger charge is 2.07. The summed E-state index contributed by atoms with van der Waals surface area (Å²) in [5.74, 6) is -0.241. The molecule has 0 heterocycles. The molecule has 0 saturated heterocycles. The van der Waals surface area contributed by atoms with Crippen molar-refractivity contribution in [2.75, 3.05) is 5.32 Å². The number of carbonyl (C=O) groups is 1. The minimum absolute atomic E-state index is 0.00286. The van der Waals surface area contributed by atoms with Crippen LogP contribution < -0.4 is 21.3 Å². The zero-order valence-corrected chi connectivity index (χ0v) is 14.2. The van der Waals surface area contributed by atoms with E-state index in [1.165, 1.54) is 24.3 Å². The van der Waals surface area contributed by atoms with Gasteiger partial charge in [-0.1, -0.05) is 30.3 Å². The molecule has 0 spiro atoms. The lowest BCUT2D eigenvalue weighted by atomic mass is 10.1. The maximum atomic E-state index is 11.8. The van der Waals surface area contributed by atoms with Gasteiger partial charge in [0, 0.05) is 5.69 Å². The van der Waals surface area contributed by atoms with Crippen molar-refractivity contribution in [2.24, 2.45) is 5.14 Å². The number of sulfonamides is 1. The molecule has 0 aliphatic carbocycles. The Labute approximate surface area is 145 Å². The number of thiocarbonyl (C=S) groups is 1. The van der Waals surface area contributed by atoms with E-state index in [0.717, 1.165) is 5.56 Å². The molecule has 9 heteroatoms. The monoisotopic (exact) mass is 364 g/mol. The van der Waals surface area contributed by atoms with Crippen LogP contribution in [0.15, 0.2) is 59.5 Å². The molecular weight excluding hydrogens is 348 g/mol. The van der Waals surface area contributed by atoms with Gasteiger partial charge in [-0.2, -0.15) is 0 Å². The molecule has 0 unspecified atom stereocenters. The number of hydrazine groups is 1. The summed E-state index contributed by atoms with van der Waals surface area (Å²) in [4.78, 5) is 11.8. The van der Waals surface area contributed by atoms with Crippen molar-refractivity contribution >= 4 is 38.9 Å². The van der Waals surface area contributed by atoms with Gasteiger partial charge in [-0.25, -0.2) is 13.6 Å². The molecule has 2 rings (SSSR count). The predicted octanol–water partition coefficient (Wildman–Crippen LogP) is 0.894. The maximum absolute atomic E-state index is 11.8. The molecule has 0 aromatic heterocycles. The summed E-state index contributed by atoms with van der Waals surface area (Å²) in [5.41, 5.74) is 6.49. The number of nitrogens with two attached hydrogens (primary N) is 1. The molecule has 1 amide bonds. The summed E-state index contributed by atoms with van der Waals surface area (Å²) in [5, 5.41) is 7.99. The van der Waals surface area contributed by atoms with Crippen LogP contribution in [0.1, 0.15) is 5.56 Å². The first-order valence-electron chi connectivity index (χ1n) is 6.87. The van der Waals surface area contributed by atoms with Gasteiger partial charge in [0.05, 0.1) is 11.3 Å².